The van der Waals surface area contributed by atoms with E-state index >= 15 is 0 Å². The van der Waals surface area contributed by atoms with E-state index in [4.69, 9.17) is 19.4 Å². The highest BCUT2D eigenvalue weighted by molar-refractivity contribution is 7.25. The molecule has 328 valence electrons. The monoisotopic (exact) mass is 912 g/mol. The quantitative estimate of drug-likeness (QED) is 0.173. The first kappa shape index (κ1) is 39.3. The lowest BCUT2D eigenvalue weighted by Gasteiger charge is -2.20. The van der Waals surface area contributed by atoms with Crippen LogP contribution in [0.2, 0.25) is 0 Å². The third-order valence-corrected chi connectivity index (χ3v) is 15.8. The maximum absolute atomic E-state index is 6.88. The highest BCUT2D eigenvalue weighted by Crippen LogP contribution is 2.47. The average Bonchev–Trinajstić information content (AvgIpc) is 4.07. The zero-order valence-electron chi connectivity index (χ0n) is 37.8. The largest absolute Gasteiger partial charge is 0.456 e. The number of furan rings is 1. The summed E-state index contributed by atoms with van der Waals surface area (Å²) in [7, 11) is 0. The molecule has 15 rings (SSSR count). The van der Waals surface area contributed by atoms with Crippen LogP contribution in [0.4, 0.5) is 0 Å². The molecule has 1 atom stereocenters. The van der Waals surface area contributed by atoms with Gasteiger partial charge in [0.25, 0.3) is 0 Å². The summed E-state index contributed by atoms with van der Waals surface area (Å²) in [5, 5.41) is 9.14. The maximum Gasteiger partial charge on any atom is 0.164 e. The predicted molar refractivity (Wildman–Crippen MR) is 290 cm³/mol. The molecule has 0 saturated carbocycles. The first-order chi connectivity index (χ1) is 34.7. The predicted octanol–water partition coefficient (Wildman–Crippen LogP) is 17.1. The van der Waals surface area contributed by atoms with E-state index in [1.165, 1.54) is 53.4 Å². The Balaban J connectivity index is 1.02. The van der Waals surface area contributed by atoms with E-state index in [0.29, 0.717) is 17.5 Å². The van der Waals surface area contributed by atoms with Gasteiger partial charge in [-0.2, -0.15) is 0 Å². The molecule has 14 aromatic rings. The van der Waals surface area contributed by atoms with Crippen molar-refractivity contribution >= 4 is 86.0 Å². The summed E-state index contributed by atoms with van der Waals surface area (Å²) in [6, 6.07) is 76.5. The standard InChI is InChI=1S/C64H40N4OS/c1-2-18-42(19-3-1)68-53-27-11-8-22-46(53)59-49(25-14-28-54(59)68)62-65-63(50-26-15-31-58-61(50)48-24-10-13-30-57(48)70-58)67-64(66-62)52-36-41(37-56-60(52)47-23-9-12-29-55(47)69-56)43-33-32-40-34-38-16-4-5-17-39(38)35-51(40)45-21-7-6-20-44(43)45/h1-31,34-37,43H,32-33H2. The van der Waals surface area contributed by atoms with Crippen LogP contribution in [0.1, 0.15) is 29.0 Å². The maximum atomic E-state index is 6.88. The molecule has 5 nitrogen and oxygen atoms in total. The zero-order valence-corrected chi connectivity index (χ0v) is 38.6. The van der Waals surface area contributed by atoms with Gasteiger partial charge in [-0.25, -0.2) is 15.0 Å². The molecule has 0 spiro atoms. The normalized spacial score (nSPS) is 13.7. The van der Waals surface area contributed by atoms with Crippen LogP contribution in [0, 0.1) is 0 Å². The Labute approximate surface area is 406 Å². The molecular formula is C64H40N4OS. The number of thiophene rings is 1. The van der Waals surface area contributed by atoms with Gasteiger partial charge in [0.15, 0.2) is 17.5 Å². The van der Waals surface area contributed by atoms with Crippen LogP contribution in [-0.4, -0.2) is 19.5 Å². The number of aryl methyl sites for hydroxylation is 1. The molecule has 0 aliphatic heterocycles. The summed E-state index contributed by atoms with van der Waals surface area (Å²) in [4.78, 5) is 16.8. The van der Waals surface area contributed by atoms with Gasteiger partial charge in [-0.1, -0.05) is 152 Å². The molecule has 70 heavy (non-hydrogen) atoms. The van der Waals surface area contributed by atoms with Gasteiger partial charge < -0.3 is 8.98 Å². The number of nitrogens with zero attached hydrogens (tertiary/aromatic N) is 4. The van der Waals surface area contributed by atoms with Gasteiger partial charge in [-0.15, -0.1) is 11.3 Å². The molecule has 1 aliphatic rings. The molecule has 0 fully saturated rings. The minimum Gasteiger partial charge on any atom is -0.456 e. The molecule has 6 heteroatoms. The van der Waals surface area contributed by atoms with E-state index < -0.39 is 0 Å². The van der Waals surface area contributed by atoms with Crippen molar-refractivity contribution in [2.45, 2.75) is 18.8 Å². The molecule has 1 aliphatic carbocycles. The van der Waals surface area contributed by atoms with E-state index in [2.05, 4.69) is 211 Å². The van der Waals surface area contributed by atoms with Crippen LogP contribution in [0.15, 0.2) is 217 Å². The Morgan fingerprint density at radius 2 is 1.06 bits per heavy atom. The van der Waals surface area contributed by atoms with Crippen LogP contribution in [-0.2, 0) is 6.42 Å². The molecule has 10 aromatic carbocycles. The summed E-state index contributed by atoms with van der Waals surface area (Å²) in [5.41, 5.74) is 14.3. The van der Waals surface area contributed by atoms with Gasteiger partial charge >= 0.3 is 0 Å². The van der Waals surface area contributed by atoms with Gasteiger partial charge in [0.05, 0.1) is 11.0 Å². The minimum absolute atomic E-state index is 0.0765. The average molecular weight is 913 g/mol. The van der Waals surface area contributed by atoms with Crippen LogP contribution >= 0.6 is 11.3 Å². The highest BCUT2D eigenvalue weighted by atomic mass is 32.1. The fourth-order valence-electron chi connectivity index (χ4n) is 11.6. The third kappa shape index (κ3) is 6.00. The second kappa shape index (κ2) is 15.4. The van der Waals surface area contributed by atoms with Crippen molar-refractivity contribution in [3.05, 3.63) is 229 Å². The van der Waals surface area contributed by atoms with E-state index in [0.717, 1.165) is 84.3 Å². The van der Waals surface area contributed by atoms with Crippen molar-refractivity contribution in [2.24, 2.45) is 0 Å². The van der Waals surface area contributed by atoms with Gasteiger partial charge in [-0.05, 0) is 112 Å². The second-order valence-electron chi connectivity index (χ2n) is 18.5. The van der Waals surface area contributed by atoms with E-state index in [-0.39, 0.29) is 5.92 Å². The number of hydrogen-bond donors (Lipinski definition) is 0. The molecule has 0 radical (unpaired) electrons. The summed E-state index contributed by atoms with van der Waals surface area (Å²) in [6.07, 6.45) is 1.87. The lowest BCUT2D eigenvalue weighted by Crippen LogP contribution is -2.04. The molecule has 1 unspecified atom stereocenters. The summed E-state index contributed by atoms with van der Waals surface area (Å²) in [5.74, 6) is 1.93. The zero-order chi connectivity index (χ0) is 45.9. The van der Waals surface area contributed by atoms with E-state index in [1.807, 2.05) is 6.07 Å². The Kier molecular flexibility index (Phi) is 8.65. The highest BCUT2D eigenvalue weighted by Gasteiger charge is 2.28. The fourth-order valence-corrected chi connectivity index (χ4v) is 12.7. The van der Waals surface area contributed by atoms with Gasteiger partial charge in [0, 0.05) is 70.0 Å². The molecule has 0 saturated heterocycles. The van der Waals surface area contributed by atoms with Gasteiger partial charge in [0.2, 0.25) is 0 Å². The van der Waals surface area contributed by atoms with Gasteiger partial charge in [-0.3, -0.25) is 0 Å². The number of rotatable bonds is 5. The van der Waals surface area contributed by atoms with E-state index in [1.54, 1.807) is 11.3 Å². The summed E-state index contributed by atoms with van der Waals surface area (Å²) < 4.78 is 11.7. The number of aromatic nitrogens is 4. The van der Waals surface area contributed by atoms with Crippen molar-refractivity contribution < 1.29 is 4.42 Å². The van der Waals surface area contributed by atoms with Crippen molar-refractivity contribution in [3.8, 4) is 51.0 Å². The van der Waals surface area contributed by atoms with Gasteiger partial charge in [0.1, 0.15) is 11.2 Å². The molecule has 0 N–H and O–H groups in total. The van der Waals surface area contributed by atoms with E-state index in [9.17, 15) is 0 Å². The van der Waals surface area contributed by atoms with Crippen LogP contribution < -0.4 is 0 Å². The molecule has 0 amide bonds. The van der Waals surface area contributed by atoms with Crippen molar-refractivity contribution in [2.75, 3.05) is 0 Å². The lowest BCUT2D eigenvalue weighted by molar-refractivity contribution is 0.665. The number of hydrogen-bond acceptors (Lipinski definition) is 5. The third-order valence-electron chi connectivity index (χ3n) is 14.7. The Morgan fingerprint density at radius 3 is 1.91 bits per heavy atom. The molecule has 4 aromatic heterocycles. The topological polar surface area (TPSA) is 56.7 Å². The van der Waals surface area contributed by atoms with Crippen LogP contribution in [0.5, 0.6) is 0 Å². The van der Waals surface area contributed by atoms with Crippen molar-refractivity contribution in [3.63, 3.8) is 0 Å². The Bertz CT molecular complexity index is 4450. The lowest BCUT2D eigenvalue weighted by atomic mass is 9.84. The number of para-hydroxylation sites is 3. The smallest absolute Gasteiger partial charge is 0.164 e. The Hall–Kier alpha value is -8.71. The number of fused-ring (bicyclic) bond motifs is 13. The SMILES string of the molecule is c1ccc(-n2c3ccccc3c3c(-c4nc(-c5cc(C6CCc7cc8ccccc8cc7-c7ccccc76)cc6oc7ccccc7c56)nc(-c5cccc6sc7ccccc7c56)n4)cccc32)cc1. The minimum atomic E-state index is 0.0765. The van der Waals surface area contributed by atoms with Crippen LogP contribution in [0.25, 0.3) is 126 Å². The van der Waals surface area contributed by atoms with Crippen LogP contribution in [0.3, 0.4) is 0 Å². The Morgan fingerprint density at radius 1 is 0.429 bits per heavy atom. The van der Waals surface area contributed by atoms with Crippen molar-refractivity contribution in [1.82, 2.24) is 19.5 Å². The first-order valence-electron chi connectivity index (χ1n) is 24.0. The van der Waals surface area contributed by atoms with Crippen molar-refractivity contribution in [1.29, 1.82) is 0 Å². The summed E-state index contributed by atoms with van der Waals surface area (Å²) in [6.45, 7) is 0. The fraction of sp³-hybridized carbons (Fsp3) is 0.0469. The molecular weight excluding hydrogens is 873 g/mol. The number of benzene rings is 10. The second-order valence-corrected chi connectivity index (χ2v) is 19.6. The first-order valence-corrected chi connectivity index (χ1v) is 24.8. The summed E-state index contributed by atoms with van der Waals surface area (Å²) >= 11 is 1.80. The molecule has 0 bridgehead atoms. The molecule has 4 heterocycles.